The van der Waals surface area contributed by atoms with E-state index in [0.29, 0.717) is 12.4 Å². The maximum atomic E-state index is 11.7. The maximum absolute atomic E-state index is 11.7. The van der Waals surface area contributed by atoms with Gasteiger partial charge in [-0.25, -0.2) is 0 Å². The van der Waals surface area contributed by atoms with Crippen molar-refractivity contribution in [2.45, 2.75) is 39.6 Å². The second kappa shape index (κ2) is 5.89. The predicted octanol–water partition coefficient (Wildman–Crippen LogP) is 2.33. The van der Waals surface area contributed by atoms with E-state index in [2.05, 4.69) is 0 Å². The van der Waals surface area contributed by atoms with Crippen LogP contribution in [-0.2, 0) is 9.47 Å². The smallest absolute Gasteiger partial charge is 0.281 e. The van der Waals surface area contributed by atoms with Crippen LogP contribution >= 0.6 is 11.8 Å². The molecule has 1 saturated heterocycles. The molecule has 16 heavy (non-hydrogen) atoms. The Morgan fingerprint density at radius 3 is 2.50 bits per heavy atom. The highest BCUT2D eigenvalue weighted by atomic mass is 32.2. The highest BCUT2D eigenvalue weighted by molar-refractivity contribution is 8.13. The van der Waals surface area contributed by atoms with Crippen LogP contribution in [0.1, 0.15) is 27.7 Å². The minimum absolute atomic E-state index is 0.0273. The van der Waals surface area contributed by atoms with Gasteiger partial charge in [-0.3, -0.25) is 4.79 Å². The van der Waals surface area contributed by atoms with Crippen LogP contribution in [0, 0.1) is 0 Å². The molecule has 1 heterocycles. The Bertz CT molecular complexity index is 241. The highest BCUT2D eigenvalue weighted by Crippen LogP contribution is 2.25. The van der Waals surface area contributed by atoms with E-state index in [1.807, 2.05) is 32.6 Å². The van der Waals surface area contributed by atoms with Crippen LogP contribution in [0.3, 0.4) is 0 Å². The number of rotatable bonds is 4. The monoisotopic (exact) mass is 247 g/mol. The number of carbonyl (C=O) groups excluding carboxylic acids is 1. The first-order valence-corrected chi connectivity index (χ1v) is 6.70. The minimum Gasteiger partial charge on any atom is -0.348 e. The Balaban J connectivity index is 2.27. The molecule has 0 aliphatic carbocycles. The summed E-state index contributed by atoms with van der Waals surface area (Å²) in [6.45, 7) is 9.85. The molecule has 0 aromatic heterocycles. The Morgan fingerprint density at radius 1 is 1.44 bits per heavy atom. The van der Waals surface area contributed by atoms with Crippen LogP contribution in [0.5, 0.6) is 0 Å². The zero-order valence-electron chi connectivity index (χ0n) is 10.5. The summed E-state index contributed by atoms with van der Waals surface area (Å²) in [5.74, 6) is 0.169. The van der Waals surface area contributed by atoms with Gasteiger partial charge in [0.1, 0.15) is 0 Å². The van der Waals surface area contributed by atoms with Crippen molar-refractivity contribution in [1.29, 1.82) is 0 Å². The summed E-state index contributed by atoms with van der Waals surface area (Å²) in [4.78, 5) is 13.5. The molecule has 0 bridgehead atoms. The predicted molar refractivity (Wildman–Crippen MR) is 65.7 cm³/mol. The number of nitrogens with zero attached hydrogens (tertiary/aromatic N) is 1. The average molecular weight is 247 g/mol. The fourth-order valence-electron chi connectivity index (χ4n) is 1.58. The molecule has 0 saturated carbocycles. The van der Waals surface area contributed by atoms with Gasteiger partial charge in [-0.1, -0.05) is 11.8 Å². The summed E-state index contributed by atoms with van der Waals surface area (Å²) in [5, 5.41) is 0.123. The molecule has 1 atom stereocenters. The zero-order chi connectivity index (χ0) is 12.2. The number of thioether (sulfide) groups is 1. The van der Waals surface area contributed by atoms with Crippen molar-refractivity contribution in [2.24, 2.45) is 0 Å². The van der Waals surface area contributed by atoms with Gasteiger partial charge in [0.05, 0.1) is 12.7 Å². The summed E-state index contributed by atoms with van der Waals surface area (Å²) >= 11 is 1.31. The van der Waals surface area contributed by atoms with Gasteiger partial charge in [0.25, 0.3) is 5.24 Å². The molecular formula is C11H21NO3S. The largest absolute Gasteiger partial charge is 0.348 e. The first kappa shape index (κ1) is 13.8. The summed E-state index contributed by atoms with van der Waals surface area (Å²) in [7, 11) is 0. The topological polar surface area (TPSA) is 38.8 Å². The lowest BCUT2D eigenvalue weighted by atomic mass is 10.4. The Kier molecular flexibility index (Phi) is 5.08. The zero-order valence-corrected chi connectivity index (χ0v) is 11.3. The molecule has 1 amide bonds. The summed E-state index contributed by atoms with van der Waals surface area (Å²) in [6, 6.07) is 0. The number of carbonyl (C=O) groups is 1. The van der Waals surface area contributed by atoms with Gasteiger partial charge >= 0.3 is 0 Å². The van der Waals surface area contributed by atoms with E-state index in [-0.39, 0.29) is 11.3 Å². The molecule has 94 valence electrons. The minimum atomic E-state index is -0.497. The number of ether oxygens (including phenoxy) is 2. The van der Waals surface area contributed by atoms with Crippen LogP contribution in [0.15, 0.2) is 0 Å². The number of hydrogen-bond donors (Lipinski definition) is 0. The van der Waals surface area contributed by atoms with E-state index in [9.17, 15) is 4.79 Å². The van der Waals surface area contributed by atoms with Gasteiger partial charge in [-0.15, -0.1) is 0 Å². The molecule has 1 aliphatic rings. The van der Waals surface area contributed by atoms with Crippen LogP contribution in [-0.4, -0.2) is 47.5 Å². The third-order valence-corrected chi connectivity index (χ3v) is 3.53. The summed E-state index contributed by atoms with van der Waals surface area (Å²) < 4.78 is 11.1. The lowest BCUT2D eigenvalue weighted by Gasteiger charge is -2.19. The quantitative estimate of drug-likeness (QED) is 0.764. The van der Waals surface area contributed by atoms with E-state index in [1.54, 1.807) is 0 Å². The molecule has 0 unspecified atom stereocenters. The van der Waals surface area contributed by atoms with Gasteiger partial charge in [0.2, 0.25) is 0 Å². The van der Waals surface area contributed by atoms with E-state index < -0.39 is 5.79 Å². The van der Waals surface area contributed by atoms with Crippen molar-refractivity contribution in [2.75, 3.05) is 25.4 Å². The first-order valence-electron chi connectivity index (χ1n) is 5.72. The summed E-state index contributed by atoms with van der Waals surface area (Å²) in [6.07, 6.45) is 0.0273. The van der Waals surface area contributed by atoms with E-state index >= 15 is 0 Å². The van der Waals surface area contributed by atoms with Crippen LogP contribution < -0.4 is 0 Å². The van der Waals surface area contributed by atoms with Crippen LogP contribution in [0.4, 0.5) is 4.79 Å². The third kappa shape index (κ3) is 3.96. The SMILES string of the molecule is CCN(CC)C(=O)SC[C@H]1COC(C)(C)O1. The van der Waals surface area contributed by atoms with Crippen molar-refractivity contribution in [1.82, 2.24) is 4.90 Å². The molecule has 0 aromatic carbocycles. The Labute approximate surface area is 102 Å². The first-order chi connectivity index (χ1) is 7.48. The van der Waals surface area contributed by atoms with Gasteiger partial charge in [-0.05, 0) is 27.7 Å². The van der Waals surface area contributed by atoms with Crippen molar-refractivity contribution >= 4 is 17.0 Å². The van der Waals surface area contributed by atoms with E-state index in [0.717, 1.165) is 13.1 Å². The fourth-order valence-corrected chi connectivity index (χ4v) is 2.52. The van der Waals surface area contributed by atoms with Gasteiger partial charge in [-0.2, -0.15) is 0 Å². The number of amides is 1. The van der Waals surface area contributed by atoms with E-state index in [4.69, 9.17) is 9.47 Å². The molecule has 1 aliphatic heterocycles. The molecule has 0 N–H and O–H groups in total. The van der Waals surface area contributed by atoms with E-state index in [1.165, 1.54) is 11.8 Å². The average Bonchev–Trinajstić information content (AvgIpc) is 2.57. The number of hydrogen-bond acceptors (Lipinski definition) is 4. The fraction of sp³-hybridized carbons (Fsp3) is 0.909. The molecule has 1 fully saturated rings. The lowest BCUT2D eigenvalue weighted by Crippen LogP contribution is -2.29. The second-order valence-corrected chi connectivity index (χ2v) is 5.17. The third-order valence-electron chi connectivity index (χ3n) is 2.48. The summed E-state index contributed by atoms with van der Waals surface area (Å²) in [5.41, 5.74) is 0. The van der Waals surface area contributed by atoms with Crippen molar-refractivity contribution in [3.05, 3.63) is 0 Å². The molecule has 0 aromatic rings. The van der Waals surface area contributed by atoms with Crippen LogP contribution in [0.2, 0.25) is 0 Å². The van der Waals surface area contributed by atoms with Crippen molar-refractivity contribution in [3.8, 4) is 0 Å². The Morgan fingerprint density at radius 2 is 2.06 bits per heavy atom. The molecule has 0 radical (unpaired) electrons. The second-order valence-electron chi connectivity index (χ2n) is 4.20. The van der Waals surface area contributed by atoms with Crippen molar-refractivity contribution < 1.29 is 14.3 Å². The highest BCUT2D eigenvalue weighted by Gasteiger charge is 2.33. The molecule has 1 rings (SSSR count). The van der Waals surface area contributed by atoms with Gasteiger partial charge < -0.3 is 14.4 Å². The van der Waals surface area contributed by atoms with Crippen molar-refractivity contribution in [3.63, 3.8) is 0 Å². The Hall–Kier alpha value is -0.260. The maximum Gasteiger partial charge on any atom is 0.281 e. The molecular weight excluding hydrogens is 226 g/mol. The normalized spacial score (nSPS) is 23.4. The molecule has 5 heteroatoms. The van der Waals surface area contributed by atoms with Crippen LogP contribution in [0.25, 0.3) is 0 Å². The van der Waals surface area contributed by atoms with Gasteiger partial charge in [0.15, 0.2) is 5.79 Å². The molecule has 0 spiro atoms. The molecule has 4 nitrogen and oxygen atoms in total. The lowest BCUT2D eigenvalue weighted by molar-refractivity contribution is -0.135. The van der Waals surface area contributed by atoms with Gasteiger partial charge in [0, 0.05) is 18.8 Å². The standard InChI is InChI=1S/C11H21NO3S/c1-5-12(6-2)10(13)16-8-9-7-14-11(3,4)15-9/h9H,5-8H2,1-4H3/t9-/m1/s1.